The Hall–Kier alpha value is -2.50. The van der Waals surface area contributed by atoms with Crippen molar-refractivity contribution >= 4 is 5.97 Å². The fourth-order valence-electron chi connectivity index (χ4n) is 1.49. The molecule has 0 saturated carbocycles. The molecule has 2 rings (SSSR count). The summed E-state index contributed by atoms with van der Waals surface area (Å²) in [5.41, 5.74) is 0.0752. The van der Waals surface area contributed by atoms with Crippen LogP contribution in [0.15, 0.2) is 30.5 Å². The van der Waals surface area contributed by atoms with E-state index in [1.54, 1.807) is 6.92 Å². The Labute approximate surface area is 107 Å². The molecule has 1 aromatic carbocycles. The van der Waals surface area contributed by atoms with Gasteiger partial charge in [0.2, 0.25) is 5.88 Å². The Morgan fingerprint density at radius 2 is 2.00 bits per heavy atom. The van der Waals surface area contributed by atoms with Gasteiger partial charge in [-0.25, -0.2) is 18.6 Å². The van der Waals surface area contributed by atoms with E-state index in [-0.39, 0.29) is 11.6 Å². The van der Waals surface area contributed by atoms with Gasteiger partial charge < -0.3 is 9.84 Å². The molecule has 1 aromatic heterocycles. The van der Waals surface area contributed by atoms with Gasteiger partial charge in [-0.2, -0.15) is 0 Å². The van der Waals surface area contributed by atoms with Gasteiger partial charge in [-0.3, -0.25) is 0 Å². The van der Waals surface area contributed by atoms with Crippen molar-refractivity contribution in [2.24, 2.45) is 0 Å². The van der Waals surface area contributed by atoms with E-state index in [1.165, 1.54) is 18.2 Å². The predicted molar refractivity (Wildman–Crippen MR) is 62.4 cm³/mol. The number of rotatable bonds is 3. The van der Waals surface area contributed by atoms with E-state index >= 15 is 0 Å². The molecule has 0 aliphatic heterocycles. The zero-order valence-corrected chi connectivity index (χ0v) is 9.85. The van der Waals surface area contributed by atoms with Crippen LogP contribution in [0.4, 0.5) is 8.78 Å². The summed E-state index contributed by atoms with van der Waals surface area (Å²) in [6.07, 6.45) is 0.848. The van der Waals surface area contributed by atoms with Crippen molar-refractivity contribution in [2.75, 3.05) is 0 Å². The van der Waals surface area contributed by atoms with Gasteiger partial charge in [0.05, 0.1) is 6.20 Å². The Kier molecular flexibility index (Phi) is 3.41. The van der Waals surface area contributed by atoms with Crippen LogP contribution >= 0.6 is 0 Å². The van der Waals surface area contributed by atoms with E-state index in [4.69, 9.17) is 9.84 Å². The third kappa shape index (κ3) is 2.85. The molecule has 19 heavy (non-hydrogen) atoms. The monoisotopic (exact) mass is 265 g/mol. The van der Waals surface area contributed by atoms with E-state index < -0.39 is 23.2 Å². The summed E-state index contributed by atoms with van der Waals surface area (Å²) in [7, 11) is 0. The molecule has 2 aromatic rings. The first-order valence-electron chi connectivity index (χ1n) is 5.30. The van der Waals surface area contributed by atoms with Crippen LogP contribution in [-0.2, 0) is 0 Å². The number of carbonyl (C=O) groups is 1. The topological polar surface area (TPSA) is 59.4 Å². The lowest BCUT2D eigenvalue weighted by Gasteiger charge is -2.09. The van der Waals surface area contributed by atoms with Crippen LogP contribution in [0.2, 0.25) is 0 Å². The largest absolute Gasteiger partial charge is 0.477 e. The van der Waals surface area contributed by atoms with Crippen molar-refractivity contribution in [3.63, 3.8) is 0 Å². The van der Waals surface area contributed by atoms with Gasteiger partial charge in [0.25, 0.3) is 0 Å². The lowest BCUT2D eigenvalue weighted by Crippen LogP contribution is -2.03. The maximum absolute atomic E-state index is 12.9. The van der Waals surface area contributed by atoms with Crippen molar-refractivity contribution in [1.82, 2.24) is 4.98 Å². The van der Waals surface area contributed by atoms with E-state index in [0.29, 0.717) is 5.56 Å². The maximum atomic E-state index is 12.9. The van der Waals surface area contributed by atoms with Crippen molar-refractivity contribution in [3.05, 3.63) is 53.2 Å². The highest BCUT2D eigenvalue weighted by Gasteiger charge is 2.15. The maximum Gasteiger partial charge on any atom is 0.341 e. The molecule has 1 N–H and O–H groups in total. The summed E-state index contributed by atoms with van der Waals surface area (Å²) in [4.78, 5) is 14.5. The number of carboxylic acids is 1. The SMILES string of the molecule is Cc1cc(F)ccc1Oc1ncc(F)cc1C(=O)O. The van der Waals surface area contributed by atoms with Crippen molar-refractivity contribution in [3.8, 4) is 11.6 Å². The quantitative estimate of drug-likeness (QED) is 0.926. The molecule has 0 aliphatic carbocycles. The first-order chi connectivity index (χ1) is 8.97. The Morgan fingerprint density at radius 1 is 1.26 bits per heavy atom. The van der Waals surface area contributed by atoms with Crippen molar-refractivity contribution in [1.29, 1.82) is 0 Å². The van der Waals surface area contributed by atoms with Crippen LogP contribution in [0.3, 0.4) is 0 Å². The Morgan fingerprint density at radius 3 is 2.63 bits per heavy atom. The van der Waals surface area contributed by atoms with Crippen molar-refractivity contribution < 1.29 is 23.4 Å². The number of nitrogens with zero attached hydrogens (tertiary/aromatic N) is 1. The first-order valence-corrected chi connectivity index (χ1v) is 5.30. The number of pyridine rings is 1. The van der Waals surface area contributed by atoms with Crippen LogP contribution < -0.4 is 4.74 Å². The highest BCUT2D eigenvalue weighted by molar-refractivity contribution is 5.90. The van der Waals surface area contributed by atoms with Gasteiger partial charge in [0.15, 0.2) is 0 Å². The highest BCUT2D eigenvalue weighted by Crippen LogP contribution is 2.27. The predicted octanol–water partition coefficient (Wildman–Crippen LogP) is 3.16. The molecule has 6 heteroatoms. The molecule has 0 atom stereocenters. The molecule has 98 valence electrons. The van der Waals surface area contributed by atoms with Crippen LogP contribution in [0.1, 0.15) is 15.9 Å². The van der Waals surface area contributed by atoms with Gasteiger partial charge in [-0.1, -0.05) is 0 Å². The number of ether oxygens (including phenoxy) is 1. The first kappa shape index (κ1) is 12.9. The number of aromatic nitrogens is 1. The number of aromatic carboxylic acids is 1. The molecule has 0 aliphatic rings. The van der Waals surface area contributed by atoms with Gasteiger partial charge in [-0.15, -0.1) is 0 Å². The molecule has 0 unspecified atom stereocenters. The number of hydrogen-bond acceptors (Lipinski definition) is 3. The van der Waals surface area contributed by atoms with Gasteiger partial charge in [-0.05, 0) is 36.8 Å². The number of carboxylic acid groups (broad SMARTS) is 1. The molecule has 0 fully saturated rings. The Bertz CT molecular complexity index is 644. The highest BCUT2D eigenvalue weighted by atomic mass is 19.1. The third-order valence-corrected chi connectivity index (χ3v) is 2.39. The molecule has 0 saturated heterocycles. The number of hydrogen-bond donors (Lipinski definition) is 1. The second-order valence-corrected chi connectivity index (χ2v) is 3.82. The van der Waals surface area contributed by atoms with E-state index in [2.05, 4.69) is 4.98 Å². The zero-order chi connectivity index (χ0) is 14.0. The van der Waals surface area contributed by atoms with E-state index in [0.717, 1.165) is 12.3 Å². The van der Waals surface area contributed by atoms with E-state index in [1.807, 2.05) is 0 Å². The summed E-state index contributed by atoms with van der Waals surface area (Å²) in [5.74, 6) is -2.57. The van der Waals surface area contributed by atoms with Crippen LogP contribution in [0.25, 0.3) is 0 Å². The second kappa shape index (κ2) is 5.01. The average Bonchev–Trinajstić information content (AvgIpc) is 2.34. The third-order valence-electron chi connectivity index (χ3n) is 2.39. The lowest BCUT2D eigenvalue weighted by molar-refractivity contribution is 0.0692. The molecule has 4 nitrogen and oxygen atoms in total. The summed E-state index contributed by atoms with van der Waals surface area (Å²) >= 11 is 0. The van der Waals surface area contributed by atoms with Gasteiger partial charge >= 0.3 is 5.97 Å². The molecular formula is C13H9F2NO3. The fraction of sp³-hybridized carbons (Fsp3) is 0.0769. The number of benzene rings is 1. The summed E-state index contributed by atoms with van der Waals surface area (Å²) in [6.45, 7) is 1.60. The molecular weight excluding hydrogens is 256 g/mol. The fourth-order valence-corrected chi connectivity index (χ4v) is 1.49. The summed E-state index contributed by atoms with van der Waals surface area (Å²) in [5, 5.41) is 8.93. The Balaban J connectivity index is 2.40. The van der Waals surface area contributed by atoms with Gasteiger partial charge in [0, 0.05) is 0 Å². The molecule has 1 heterocycles. The summed E-state index contributed by atoms with van der Waals surface area (Å²) < 4.78 is 31.2. The normalized spacial score (nSPS) is 10.3. The average molecular weight is 265 g/mol. The number of aryl methyl sites for hydroxylation is 1. The zero-order valence-electron chi connectivity index (χ0n) is 9.85. The second-order valence-electron chi connectivity index (χ2n) is 3.82. The molecule has 0 amide bonds. The number of halogens is 2. The standard InChI is InChI=1S/C13H9F2NO3/c1-7-4-8(14)2-3-11(7)19-12-10(13(17)18)5-9(15)6-16-12/h2-6H,1H3,(H,17,18). The lowest BCUT2D eigenvalue weighted by atomic mass is 10.2. The van der Waals surface area contributed by atoms with Crippen molar-refractivity contribution in [2.45, 2.75) is 6.92 Å². The van der Waals surface area contributed by atoms with Crippen LogP contribution in [0, 0.1) is 18.6 Å². The minimum atomic E-state index is -1.36. The molecule has 0 spiro atoms. The molecule has 0 radical (unpaired) electrons. The van der Waals surface area contributed by atoms with Crippen LogP contribution in [-0.4, -0.2) is 16.1 Å². The minimum absolute atomic E-state index is 0.247. The summed E-state index contributed by atoms with van der Waals surface area (Å²) in [6, 6.07) is 4.57. The van der Waals surface area contributed by atoms with Gasteiger partial charge in [0.1, 0.15) is 22.9 Å². The minimum Gasteiger partial charge on any atom is -0.477 e. The van der Waals surface area contributed by atoms with E-state index in [9.17, 15) is 13.6 Å². The molecule has 0 bridgehead atoms. The smallest absolute Gasteiger partial charge is 0.341 e. The van der Waals surface area contributed by atoms with Crippen LogP contribution in [0.5, 0.6) is 11.6 Å².